The summed E-state index contributed by atoms with van der Waals surface area (Å²) in [5.41, 5.74) is 2.02. The molecule has 3 aromatic rings. The maximum Gasteiger partial charge on any atom is 0.228 e. The lowest BCUT2D eigenvalue weighted by Gasteiger charge is -2.27. The Bertz CT molecular complexity index is 1140. The molecule has 0 radical (unpaired) electrons. The smallest absolute Gasteiger partial charge is 0.228 e. The zero-order chi connectivity index (χ0) is 24.2. The van der Waals surface area contributed by atoms with Gasteiger partial charge in [0.15, 0.2) is 11.6 Å². The largest absolute Gasteiger partial charge is 0.435 e. The minimum Gasteiger partial charge on any atom is -0.435 e. The number of nitrogens with zero attached hydrogens (tertiary/aromatic N) is 3. The van der Waals surface area contributed by atoms with E-state index in [9.17, 15) is 13.6 Å². The van der Waals surface area contributed by atoms with Crippen LogP contribution in [-0.2, 0) is 16.1 Å². The zero-order valence-corrected chi connectivity index (χ0v) is 19.6. The third-order valence-electron chi connectivity index (χ3n) is 5.84. The summed E-state index contributed by atoms with van der Waals surface area (Å²) in [7, 11) is 0. The van der Waals surface area contributed by atoms with Crippen LogP contribution in [-0.4, -0.2) is 39.8 Å². The number of aromatic nitrogens is 2. The van der Waals surface area contributed by atoms with Gasteiger partial charge >= 0.3 is 0 Å². The summed E-state index contributed by atoms with van der Waals surface area (Å²) in [6.45, 7) is 6.92. The maximum atomic E-state index is 14.5. The Hall–Kier alpha value is -3.26. The van der Waals surface area contributed by atoms with Crippen molar-refractivity contribution in [3.8, 4) is 17.3 Å². The molecular weight excluding hydrogens is 440 g/mol. The molecule has 1 aliphatic heterocycles. The molecule has 34 heavy (non-hydrogen) atoms. The van der Waals surface area contributed by atoms with E-state index >= 15 is 0 Å². The standard InChI is InChI=1S/C26H29F2N3O3/c1-17(2)25(32)30(15-21-10-7-13-33-21)16-22-18(3)29-31(20-8-5-4-6-9-20)26(22)34-24-12-11-19(27)14-23(24)28/h4-6,8-9,11-12,14,17,21H,7,10,13,15-16H2,1-3H3/t21-/m1/s1. The number of halogens is 2. The van der Waals surface area contributed by atoms with Crippen LogP contribution in [0.2, 0.25) is 0 Å². The highest BCUT2D eigenvalue weighted by molar-refractivity contribution is 5.78. The van der Waals surface area contributed by atoms with Gasteiger partial charge in [-0.2, -0.15) is 5.10 Å². The van der Waals surface area contributed by atoms with Crippen molar-refractivity contribution < 1.29 is 23.0 Å². The van der Waals surface area contributed by atoms with E-state index in [0.717, 1.165) is 30.7 Å². The third-order valence-corrected chi connectivity index (χ3v) is 5.84. The Labute approximate surface area is 198 Å². The maximum absolute atomic E-state index is 14.5. The molecular formula is C26H29F2N3O3. The monoisotopic (exact) mass is 469 g/mol. The predicted molar refractivity (Wildman–Crippen MR) is 124 cm³/mol. The fraction of sp³-hybridized carbons (Fsp3) is 0.385. The molecule has 1 amide bonds. The molecule has 2 heterocycles. The van der Waals surface area contributed by atoms with Crippen molar-refractivity contribution in [3.05, 3.63) is 71.4 Å². The fourth-order valence-electron chi connectivity index (χ4n) is 4.05. The van der Waals surface area contributed by atoms with Gasteiger partial charge in [-0.15, -0.1) is 0 Å². The lowest BCUT2D eigenvalue weighted by Crippen LogP contribution is -2.39. The third kappa shape index (κ3) is 5.28. The van der Waals surface area contributed by atoms with E-state index in [1.165, 1.54) is 6.07 Å². The van der Waals surface area contributed by atoms with Crippen molar-refractivity contribution in [2.45, 2.75) is 46.3 Å². The highest BCUT2D eigenvalue weighted by Crippen LogP contribution is 2.33. The van der Waals surface area contributed by atoms with Gasteiger partial charge in [-0.25, -0.2) is 13.5 Å². The second-order valence-corrected chi connectivity index (χ2v) is 8.80. The van der Waals surface area contributed by atoms with Crippen LogP contribution in [0.1, 0.15) is 37.9 Å². The summed E-state index contributed by atoms with van der Waals surface area (Å²) in [5.74, 6) is -1.57. The second kappa shape index (κ2) is 10.3. The number of carbonyl (C=O) groups excluding carboxylic acids is 1. The second-order valence-electron chi connectivity index (χ2n) is 8.80. The van der Waals surface area contributed by atoms with Crippen LogP contribution in [0.5, 0.6) is 11.6 Å². The molecule has 2 aromatic carbocycles. The van der Waals surface area contributed by atoms with Crippen LogP contribution < -0.4 is 4.74 Å². The van der Waals surface area contributed by atoms with Crippen LogP contribution in [0.3, 0.4) is 0 Å². The van der Waals surface area contributed by atoms with Gasteiger partial charge in [0.1, 0.15) is 5.82 Å². The molecule has 1 atom stereocenters. The number of carbonyl (C=O) groups is 1. The molecule has 0 saturated carbocycles. The lowest BCUT2D eigenvalue weighted by atomic mass is 10.1. The van der Waals surface area contributed by atoms with E-state index in [0.29, 0.717) is 24.4 Å². The van der Waals surface area contributed by atoms with Crippen molar-refractivity contribution in [1.29, 1.82) is 0 Å². The molecule has 1 saturated heterocycles. The van der Waals surface area contributed by atoms with Crippen LogP contribution in [0, 0.1) is 24.5 Å². The molecule has 0 bridgehead atoms. The summed E-state index contributed by atoms with van der Waals surface area (Å²) in [4.78, 5) is 14.8. The fourth-order valence-corrected chi connectivity index (χ4v) is 4.05. The normalized spacial score (nSPS) is 15.6. The first kappa shape index (κ1) is 23.9. The quantitative estimate of drug-likeness (QED) is 0.442. The summed E-state index contributed by atoms with van der Waals surface area (Å²) in [6, 6.07) is 12.5. The summed E-state index contributed by atoms with van der Waals surface area (Å²) in [5, 5.41) is 4.64. The minimum absolute atomic E-state index is 0.0127. The summed E-state index contributed by atoms with van der Waals surface area (Å²) < 4.78 is 41.3. The molecule has 1 aromatic heterocycles. The first-order valence-electron chi connectivity index (χ1n) is 11.5. The Morgan fingerprint density at radius 1 is 1.24 bits per heavy atom. The van der Waals surface area contributed by atoms with Gasteiger partial charge in [0.05, 0.1) is 29.6 Å². The molecule has 0 unspecified atom stereocenters. The van der Waals surface area contributed by atoms with Gasteiger partial charge in [-0.3, -0.25) is 4.79 Å². The summed E-state index contributed by atoms with van der Waals surface area (Å²) in [6.07, 6.45) is 1.84. The van der Waals surface area contributed by atoms with E-state index < -0.39 is 11.6 Å². The molecule has 180 valence electrons. The number of hydrogen-bond donors (Lipinski definition) is 0. The number of benzene rings is 2. The number of amides is 1. The van der Waals surface area contributed by atoms with Gasteiger partial charge in [-0.1, -0.05) is 32.0 Å². The van der Waals surface area contributed by atoms with Gasteiger partial charge in [0, 0.05) is 25.1 Å². The number of para-hydroxylation sites is 1. The molecule has 0 N–H and O–H groups in total. The van der Waals surface area contributed by atoms with Crippen molar-refractivity contribution in [2.75, 3.05) is 13.2 Å². The molecule has 0 spiro atoms. The summed E-state index contributed by atoms with van der Waals surface area (Å²) >= 11 is 0. The van der Waals surface area contributed by atoms with Gasteiger partial charge in [-0.05, 0) is 44.0 Å². The van der Waals surface area contributed by atoms with E-state index in [1.807, 2.05) is 51.1 Å². The van der Waals surface area contributed by atoms with Crippen molar-refractivity contribution in [1.82, 2.24) is 14.7 Å². The van der Waals surface area contributed by atoms with Crippen LogP contribution in [0.25, 0.3) is 5.69 Å². The van der Waals surface area contributed by atoms with E-state index in [-0.39, 0.29) is 36.1 Å². The number of ether oxygens (including phenoxy) is 2. The van der Waals surface area contributed by atoms with E-state index in [2.05, 4.69) is 5.10 Å². The number of aryl methyl sites for hydroxylation is 1. The SMILES string of the molecule is Cc1nn(-c2ccccc2)c(Oc2ccc(F)cc2F)c1CN(C[C@H]1CCCO1)C(=O)C(C)C. The van der Waals surface area contributed by atoms with Crippen LogP contribution in [0.15, 0.2) is 48.5 Å². The molecule has 1 fully saturated rings. The molecule has 4 rings (SSSR count). The average molecular weight is 470 g/mol. The Morgan fingerprint density at radius 3 is 2.65 bits per heavy atom. The van der Waals surface area contributed by atoms with Crippen molar-refractivity contribution in [2.24, 2.45) is 5.92 Å². The number of rotatable bonds is 8. The molecule has 6 nitrogen and oxygen atoms in total. The van der Waals surface area contributed by atoms with Crippen molar-refractivity contribution in [3.63, 3.8) is 0 Å². The Kier molecular flexibility index (Phi) is 7.26. The highest BCUT2D eigenvalue weighted by Gasteiger charge is 2.28. The predicted octanol–water partition coefficient (Wildman–Crippen LogP) is 5.41. The lowest BCUT2D eigenvalue weighted by molar-refractivity contribution is -0.136. The molecule has 0 aliphatic carbocycles. The number of hydrogen-bond acceptors (Lipinski definition) is 4. The van der Waals surface area contributed by atoms with Crippen molar-refractivity contribution >= 4 is 5.91 Å². The Morgan fingerprint density at radius 2 is 2.00 bits per heavy atom. The van der Waals surface area contributed by atoms with Gasteiger partial charge in [0.25, 0.3) is 0 Å². The van der Waals surface area contributed by atoms with Gasteiger partial charge < -0.3 is 14.4 Å². The zero-order valence-electron chi connectivity index (χ0n) is 19.6. The first-order chi connectivity index (χ1) is 16.3. The topological polar surface area (TPSA) is 56.6 Å². The Balaban J connectivity index is 1.75. The van der Waals surface area contributed by atoms with Gasteiger partial charge in [0.2, 0.25) is 11.8 Å². The van der Waals surface area contributed by atoms with Crippen LogP contribution in [0.4, 0.5) is 8.78 Å². The first-order valence-corrected chi connectivity index (χ1v) is 11.5. The van der Waals surface area contributed by atoms with Crippen LogP contribution >= 0.6 is 0 Å². The average Bonchev–Trinajstić information content (AvgIpc) is 3.43. The van der Waals surface area contributed by atoms with E-state index in [4.69, 9.17) is 9.47 Å². The molecule has 8 heteroatoms. The highest BCUT2D eigenvalue weighted by atomic mass is 19.1. The molecule has 1 aliphatic rings. The minimum atomic E-state index is -0.820. The van der Waals surface area contributed by atoms with E-state index in [1.54, 1.807) is 9.58 Å².